The molecule has 0 amide bonds. The number of benzene rings is 2. The van der Waals surface area contributed by atoms with Crippen LogP contribution in [-0.4, -0.2) is 25.5 Å². The Bertz CT molecular complexity index is 825. The molecule has 7 heteroatoms. The third-order valence-corrected chi connectivity index (χ3v) is 4.42. The number of hydrogen-bond donors (Lipinski definition) is 6. The predicted octanol–water partition coefficient (Wildman–Crippen LogP) is 3.85. The molecule has 1 atom stereocenters. The molecule has 2 aromatic rings. The van der Waals surface area contributed by atoms with Crippen molar-refractivity contribution in [2.75, 3.05) is 0 Å². The SMILES string of the molecule is C=C(/C=C/c1ccc(O)c(O)c1Br)NC(C)c1cc(O)c(O)c(O)c1. The van der Waals surface area contributed by atoms with Gasteiger partial charge >= 0.3 is 0 Å². The van der Waals surface area contributed by atoms with Gasteiger partial charge in [0, 0.05) is 11.7 Å². The van der Waals surface area contributed by atoms with E-state index in [1.807, 2.05) is 0 Å². The van der Waals surface area contributed by atoms with E-state index in [1.54, 1.807) is 25.1 Å². The number of aromatic hydroxyl groups is 5. The number of phenols is 5. The lowest BCUT2D eigenvalue weighted by atomic mass is 10.1. The van der Waals surface area contributed by atoms with Crippen LogP contribution in [0.25, 0.3) is 6.08 Å². The Labute approximate surface area is 153 Å². The number of nitrogens with one attached hydrogen (secondary N) is 1. The second-order valence-corrected chi connectivity index (χ2v) is 6.26. The molecular formula is C18H18BrNO5. The number of allylic oxidation sites excluding steroid dienone is 1. The Morgan fingerprint density at radius 1 is 1.04 bits per heavy atom. The summed E-state index contributed by atoms with van der Waals surface area (Å²) in [5.74, 6) is -1.85. The maximum Gasteiger partial charge on any atom is 0.200 e. The molecule has 0 saturated carbocycles. The summed E-state index contributed by atoms with van der Waals surface area (Å²) in [4.78, 5) is 0. The Hall–Kier alpha value is -2.80. The van der Waals surface area contributed by atoms with Gasteiger partial charge in [0.1, 0.15) is 0 Å². The van der Waals surface area contributed by atoms with E-state index in [9.17, 15) is 25.5 Å². The summed E-state index contributed by atoms with van der Waals surface area (Å²) in [6.45, 7) is 5.67. The van der Waals surface area contributed by atoms with E-state index in [2.05, 4.69) is 27.8 Å². The number of rotatable bonds is 5. The highest BCUT2D eigenvalue weighted by atomic mass is 79.9. The molecule has 0 aliphatic carbocycles. The van der Waals surface area contributed by atoms with E-state index in [-0.39, 0.29) is 17.5 Å². The minimum Gasteiger partial charge on any atom is -0.504 e. The summed E-state index contributed by atoms with van der Waals surface area (Å²) in [5.41, 5.74) is 1.75. The van der Waals surface area contributed by atoms with E-state index in [0.717, 1.165) is 0 Å². The van der Waals surface area contributed by atoms with Crippen molar-refractivity contribution in [1.29, 1.82) is 0 Å². The molecule has 132 valence electrons. The minimum atomic E-state index is -0.563. The van der Waals surface area contributed by atoms with Crippen molar-refractivity contribution >= 4 is 22.0 Å². The van der Waals surface area contributed by atoms with Gasteiger partial charge in [0.15, 0.2) is 28.7 Å². The molecule has 0 fully saturated rings. The first-order chi connectivity index (χ1) is 11.7. The molecule has 0 aliphatic heterocycles. The van der Waals surface area contributed by atoms with E-state index >= 15 is 0 Å². The average Bonchev–Trinajstić information content (AvgIpc) is 2.56. The van der Waals surface area contributed by atoms with Crippen LogP contribution in [0.15, 0.2) is 47.1 Å². The van der Waals surface area contributed by atoms with Gasteiger partial charge < -0.3 is 30.8 Å². The molecule has 0 aliphatic rings. The van der Waals surface area contributed by atoms with Crippen molar-refractivity contribution in [1.82, 2.24) is 5.32 Å². The molecule has 0 saturated heterocycles. The zero-order valence-corrected chi connectivity index (χ0v) is 14.9. The number of phenolic OH excluding ortho intramolecular Hbond substituents is 5. The van der Waals surface area contributed by atoms with E-state index in [1.165, 1.54) is 18.2 Å². The Morgan fingerprint density at radius 2 is 1.64 bits per heavy atom. The van der Waals surface area contributed by atoms with Gasteiger partial charge in [-0.25, -0.2) is 0 Å². The summed E-state index contributed by atoms with van der Waals surface area (Å²) in [6.07, 6.45) is 3.37. The molecule has 2 aromatic carbocycles. The highest BCUT2D eigenvalue weighted by molar-refractivity contribution is 9.10. The monoisotopic (exact) mass is 407 g/mol. The largest absolute Gasteiger partial charge is 0.504 e. The Balaban J connectivity index is 2.11. The second kappa shape index (κ2) is 7.40. The van der Waals surface area contributed by atoms with Crippen molar-refractivity contribution in [2.24, 2.45) is 0 Å². The zero-order chi connectivity index (χ0) is 18.7. The highest BCUT2D eigenvalue weighted by Crippen LogP contribution is 2.38. The maximum atomic E-state index is 9.68. The molecule has 6 N–H and O–H groups in total. The van der Waals surface area contributed by atoms with Gasteiger partial charge in [-0.1, -0.05) is 12.7 Å². The first-order valence-electron chi connectivity index (χ1n) is 7.29. The van der Waals surface area contributed by atoms with Crippen molar-refractivity contribution in [2.45, 2.75) is 13.0 Å². The van der Waals surface area contributed by atoms with Gasteiger partial charge in [-0.2, -0.15) is 0 Å². The van der Waals surface area contributed by atoms with Crippen LogP contribution in [0.5, 0.6) is 28.7 Å². The van der Waals surface area contributed by atoms with Gasteiger partial charge in [0.05, 0.1) is 4.47 Å². The van der Waals surface area contributed by atoms with Gasteiger partial charge in [-0.05, 0) is 64.3 Å². The summed E-state index contributed by atoms with van der Waals surface area (Å²) in [7, 11) is 0. The lowest BCUT2D eigenvalue weighted by Crippen LogP contribution is -2.16. The molecule has 1 unspecified atom stereocenters. The average molecular weight is 408 g/mol. The molecule has 25 heavy (non-hydrogen) atoms. The molecule has 0 radical (unpaired) electrons. The van der Waals surface area contributed by atoms with Crippen LogP contribution in [0.3, 0.4) is 0 Å². The molecule has 0 aromatic heterocycles. The lowest BCUT2D eigenvalue weighted by molar-refractivity contribution is 0.366. The lowest BCUT2D eigenvalue weighted by Gasteiger charge is -2.17. The second-order valence-electron chi connectivity index (χ2n) is 5.47. The van der Waals surface area contributed by atoms with Crippen molar-refractivity contribution in [3.05, 3.63) is 58.2 Å². The van der Waals surface area contributed by atoms with Crippen LogP contribution in [0.2, 0.25) is 0 Å². The van der Waals surface area contributed by atoms with Crippen LogP contribution in [0, 0.1) is 0 Å². The van der Waals surface area contributed by atoms with Crippen LogP contribution >= 0.6 is 15.9 Å². The normalized spacial score (nSPS) is 12.2. The number of halogens is 1. The van der Waals surface area contributed by atoms with Gasteiger partial charge in [-0.3, -0.25) is 0 Å². The molecular weight excluding hydrogens is 390 g/mol. The standard InChI is InChI=1S/C18H18BrNO5/c1-9(3-4-11-5-6-13(21)18(25)16(11)19)20-10(2)12-7-14(22)17(24)15(23)8-12/h3-8,10,20-25H,1H2,2H3/b4-3+. The molecule has 0 bridgehead atoms. The van der Waals surface area contributed by atoms with Gasteiger partial charge in [0.2, 0.25) is 0 Å². The summed E-state index contributed by atoms with van der Waals surface area (Å²) >= 11 is 3.20. The molecule has 2 rings (SSSR count). The first-order valence-corrected chi connectivity index (χ1v) is 8.08. The van der Waals surface area contributed by atoms with E-state index in [4.69, 9.17) is 0 Å². The van der Waals surface area contributed by atoms with Crippen LogP contribution in [0.4, 0.5) is 0 Å². The number of hydrogen-bond acceptors (Lipinski definition) is 6. The molecule has 6 nitrogen and oxygen atoms in total. The molecule has 0 spiro atoms. The topological polar surface area (TPSA) is 113 Å². The van der Waals surface area contributed by atoms with Crippen molar-refractivity contribution in [3.63, 3.8) is 0 Å². The molecule has 0 heterocycles. The smallest absolute Gasteiger partial charge is 0.200 e. The third kappa shape index (κ3) is 4.19. The quantitative estimate of drug-likeness (QED) is 0.331. The van der Waals surface area contributed by atoms with Crippen LogP contribution in [0.1, 0.15) is 24.1 Å². The Kier molecular flexibility index (Phi) is 5.48. The van der Waals surface area contributed by atoms with Gasteiger partial charge in [0.25, 0.3) is 0 Å². The predicted molar refractivity (Wildman–Crippen MR) is 98.6 cm³/mol. The fourth-order valence-corrected chi connectivity index (χ4v) is 2.64. The fourth-order valence-electron chi connectivity index (χ4n) is 2.17. The fraction of sp³-hybridized carbons (Fsp3) is 0.111. The summed E-state index contributed by atoms with van der Waals surface area (Å²) in [6, 6.07) is 5.39. The van der Waals surface area contributed by atoms with E-state index < -0.39 is 17.2 Å². The zero-order valence-electron chi connectivity index (χ0n) is 13.4. The van der Waals surface area contributed by atoms with Crippen molar-refractivity contribution < 1.29 is 25.5 Å². The van der Waals surface area contributed by atoms with E-state index in [0.29, 0.717) is 21.3 Å². The van der Waals surface area contributed by atoms with Crippen LogP contribution in [-0.2, 0) is 0 Å². The van der Waals surface area contributed by atoms with Crippen molar-refractivity contribution in [3.8, 4) is 28.7 Å². The van der Waals surface area contributed by atoms with Gasteiger partial charge in [-0.15, -0.1) is 0 Å². The Morgan fingerprint density at radius 3 is 2.24 bits per heavy atom. The highest BCUT2D eigenvalue weighted by Gasteiger charge is 2.13. The maximum absolute atomic E-state index is 9.68. The summed E-state index contributed by atoms with van der Waals surface area (Å²) in [5, 5.41) is 50.7. The van der Waals surface area contributed by atoms with Crippen LogP contribution < -0.4 is 5.32 Å². The first kappa shape index (κ1) is 18.5. The summed E-state index contributed by atoms with van der Waals surface area (Å²) < 4.78 is 0.359. The third-order valence-electron chi connectivity index (χ3n) is 3.58. The minimum absolute atomic E-state index is 0.221.